The molecule has 1 N–H and O–H groups in total. The van der Waals surface area contributed by atoms with Gasteiger partial charge in [0.25, 0.3) is 6.01 Å². The van der Waals surface area contributed by atoms with Gasteiger partial charge >= 0.3 is 5.97 Å². The molecule has 0 spiro atoms. The molecule has 106 valence electrons. The van der Waals surface area contributed by atoms with Gasteiger partial charge in [-0.1, -0.05) is 26.0 Å². The molecule has 2 rings (SSSR count). The first-order valence-electron chi connectivity index (χ1n) is 6.59. The van der Waals surface area contributed by atoms with E-state index >= 15 is 0 Å². The summed E-state index contributed by atoms with van der Waals surface area (Å²) in [5.41, 5.74) is 2.27. The van der Waals surface area contributed by atoms with Gasteiger partial charge in [0, 0.05) is 5.69 Å². The van der Waals surface area contributed by atoms with Gasteiger partial charge in [-0.25, -0.2) is 4.79 Å². The van der Waals surface area contributed by atoms with Crippen LogP contribution in [0.1, 0.15) is 42.7 Å². The second-order valence-corrected chi connectivity index (χ2v) is 4.66. The quantitative estimate of drug-likeness (QED) is 0.842. The van der Waals surface area contributed by atoms with Crippen LogP contribution in [0.15, 0.2) is 34.9 Å². The minimum Gasteiger partial charge on any atom is -0.461 e. The third kappa shape index (κ3) is 3.38. The van der Waals surface area contributed by atoms with Gasteiger partial charge in [0.2, 0.25) is 0 Å². The highest BCUT2D eigenvalue weighted by Gasteiger charge is 2.13. The highest BCUT2D eigenvalue weighted by Crippen LogP contribution is 2.20. The Morgan fingerprint density at radius 2 is 2.05 bits per heavy atom. The van der Waals surface area contributed by atoms with E-state index in [2.05, 4.69) is 24.1 Å². The van der Waals surface area contributed by atoms with E-state index < -0.39 is 5.97 Å². The van der Waals surface area contributed by atoms with Crippen LogP contribution in [0.3, 0.4) is 0 Å². The van der Waals surface area contributed by atoms with Crippen LogP contribution >= 0.6 is 0 Å². The molecule has 0 amide bonds. The number of nitrogens with zero attached hydrogens (tertiary/aromatic N) is 1. The molecule has 0 saturated carbocycles. The first kappa shape index (κ1) is 14.1. The molecule has 0 saturated heterocycles. The Kier molecular flexibility index (Phi) is 4.40. The molecule has 1 aromatic carbocycles. The molecule has 5 heteroatoms. The van der Waals surface area contributed by atoms with Crippen LogP contribution in [0.25, 0.3) is 0 Å². The average Bonchev–Trinajstić information content (AvgIpc) is 2.88. The lowest BCUT2D eigenvalue weighted by Crippen LogP contribution is -2.05. The van der Waals surface area contributed by atoms with Crippen molar-refractivity contribution in [1.29, 1.82) is 0 Å². The van der Waals surface area contributed by atoms with Gasteiger partial charge in [0.15, 0.2) is 5.69 Å². The number of benzene rings is 1. The predicted molar refractivity (Wildman–Crippen MR) is 76.3 cm³/mol. The van der Waals surface area contributed by atoms with Crippen LogP contribution in [-0.4, -0.2) is 17.6 Å². The Hall–Kier alpha value is -2.30. The highest BCUT2D eigenvalue weighted by molar-refractivity contribution is 5.87. The van der Waals surface area contributed by atoms with Crippen molar-refractivity contribution in [2.45, 2.75) is 26.7 Å². The van der Waals surface area contributed by atoms with Crippen LogP contribution in [0, 0.1) is 0 Å². The largest absolute Gasteiger partial charge is 0.461 e. The fraction of sp³-hybridized carbons (Fsp3) is 0.333. The highest BCUT2D eigenvalue weighted by atomic mass is 16.5. The van der Waals surface area contributed by atoms with Gasteiger partial charge in [0.1, 0.15) is 6.26 Å². The Balaban J connectivity index is 2.05. The van der Waals surface area contributed by atoms with E-state index in [4.69, 9.17) is 9.15 Å². The fourth-order valence-corrected chi connectivity index (χ4v) is 1.70. The summed E-state index contributed by atoms with van der Waals surface area (Å²) in [5.74, 6) is 0.000611. The van der Waals surface area contributed by atoms with Crippen molar-refractivity contribution in [3.8, 4) is 0 Å². The maximum atomic E-state index is 11.5. The summed E-state index contributed by atoms with van der Waals surface area (Å²) in [4.78, 5) is 15.5. The number of anilines is 2. The molecular formula is C15H18N2O3. The Labute approximate surface area is 118 Å². The van der Waals surface area contributed by atoms with E-state index in [-0.39, 0.29) is 11.7 Å². The monoisotopic (exact) mass is 274 g/mol. The number of ether oxygens (including phenoxy) is 1. The number of carbonyl (C=O) groups excluding carboxylic acids is 1. The molecule has 0 unspecified atom stereocenters. The molecule has 0 radical (unpaired) electrons. The average molecular weight is 274 g/mol. The van der Waals surface area contributed by atoms with Crippen LogP contribution in [-0.2, 0) is 4.74 Å². The van der Waals surface area contributed by atoms with Gasteiger partial charge in [-0.05, 0) is 30.5 Å². The predicted octanol–water partition coefficient (Wildman–Crippen LogP) is 3.72. The molecule has 1 aromatic heterocycles. The number of nitrogens with one attached hydrogen (secondary N) is 1. The van der Waals surface area contributed by atoms with Gasteiger partial charge in [-0.2, -0.15) is 4.98 Å². The summed E-state index contributed by atoms with van der Waals surface area (Å²) in [5, 5.41) is 3.00. The molecule has 0 aliphatic heterocycles. The minimum atomic E-state index is -0.487. The smallest absolute Gasteiger partial charge is 0.360 e. The second kappa shape index (κ2) is 6.23. The van der Waals surface area contributed by atoms with Crippen LogP contribution in [0.2, 0.25) is 0 Å². The summed E-state index contributed by atoms with van der Waals surface area (Å²) in [6.45, 7) is 6.34. The first-order valence-corrected chi connectivity index (χ1v) is 6.59. The Morgan fingerprint density at radius 1 is 1.35 bits per heavy atom. The lowest BCUT2D eigenvalue weighted by Gasteiger charge is -2.06. The first-order chi connectivity index (χ1) is 9.60. The van der Waals surface area contributed by atoms with E-state index in [1.54, 1.807) is 6.92 Å². The minimum absolute atomic E-state index is 0.160. The van der Waals surface area contributed by atoms with Crippen LogP contribution in [0.4, 0.5) is 11.7 Å². The van der Waals surface area contributed by atoms with E-state index in [0.717, 1.165) is 5.69 Å². The van der Waals surface area contributed by atoms with Crippen LogP contribution < -0.4 is 5.32 Å². The van der Waals surface area contributed by atoms with Crippen molar-refractivity contribution in [3.05, 3.63) is 41.8 Å². The zero-order chi connectivity index (χ0) is 14.5. The third-order valence-electron chi connectivity index (χ3n) is 2.82. The SMILES string of the molecule is CCOC(=O)c1coc(Nc2ccc(C(C)C)cc2)n1. The topological polar surface area (TPSA) is 64.4 Å². The maximum absolute atomic E-state index is 11.5. The number of hydrogen-bond acceptors (Lipinski definition) is 5. The van der Waals surface area contributed by atoms with Crippen molar-refractivity contribution < 1.29 is 13.9 Å². The van der Waals surface area contributed by atoms with Gasteiger partial charge in [-0.15, -0.1) is 0 Å². The van der Waals surface area contributed by atoms with E-state index in [9.17, 15) is 4.79 Å². The molecule has 0 aliphatic rings. The molecule has 0 fully saturated rings. The zero-order valence-electron chi connectivity index (χ0n) is 11.8. The summed E-state index contributed by atoms with van der Waals surface area (Å²) < 4.78 is 10.0. The fourth-order valence-electron chi connectivity index (χ4n) is 1.70. The molecule has 2 aromatic rings. The molecule has 20 heavy (non-hydrogen) atoms. The Bertz CT molecular complexity index is 573. The number of esters is 1. The maximum Gasteiger partial charge on any atom is 0.360 e. The standard InChI is InChI=1S/C15H18N2O3/c1-4-19-14(18)13-9-20-15(17-13)16-12-7-5-11(6-8-12)10(2)3/h5-10H,4H2,1-3H3,(H,16,17). The van der Waals surface area contributed by atoms with E-state index in [0.29, 0.717) is 12.5 Å². The third-order valence-corrected chi connectivity index (χ3v) is 2.82. The number of oxazole rings is 1. The normalized spacial score (nSPS) is 10.6. The van der Waals surface area contributed by atoms with E-state index in [1.807, 2.05) is 24.3 Å². The van der Waals surface area contributed by atoms with Crippen molar-refractivity contribution >= 4 is 17.7 Å². The van der Waals surface area contributed by atoms with Crippen molar-refractivity contribution in [2.24, 2.45) is 0 Å². The molecule has 0 aliphatic carbocycles. The molecular weight excluding hydrogens is 256 g/mol. The number of carbonyl (C=O) groups is 1. The van der Waals surface area contributed by atoms with E-state index in [1.165, 1.54) is 11.8 Å². The van der Waals surface area contributed by atoms with Crippen molar-refractivity contribution in [1.82, 2.24) is 4.98 Å². The molecule has 0 atom stereocenters. The summed E-state index contributed by atoms with van der Waals surface area (Å²) in [6, 6.07) is 8.25. The van der Waals surface area contributed by atoms with Crippen LogP contribution in [0.5, 0.6) is 0 Å². The summed E-state index contributed by atoms with van der Waals surface area (Å²) in [7, 11) is 0. The number of aromatic nitrogens is 1. The second-order valence-electron chi connectivity index (χ2n) is 4.66. The van der Waals surface area contributed by atoms with Crippen molar-refractivity contribution in [2.75, 3.05) is 11.9 Å². The molecule has 1 heterocycles. The van der Waals surface area contributed by atoms with Crippen molar-refractivity contribution in [3.63, 3.8) is 0 Å². The molecule has 5 nitrogen and oxygen atoms in total. The van der Waals surface area contributed by atoms with Gasteiger partial charge in [0.05, 0.1) is 6.61 Å². The Morgan fingerprint density at radius 3 is 2.65 bits per heavy atom. The number of hydrogen-bond donors (Lipinski definition) is 1. The molecule has 0 bridgehead atoms. The van der Waals surface area contributed by atoms with Gasteiger partial charge in [-0.3, -0.25) is 0 Å². The number of rotatable bonds is 5. The lowest BCUT2D eigenvalue weighted by molar-refractivity contribution is 0.0519. The summed E-state index contributed by atoms with van der Waals surface area (Å²) >= 11 is 0. The summed E-state index contributed by atoms with van der Waals surface area (Å²) in [6.07, 6.45) is 1.28. The lowest BCUT2D eigenvalue weighted by atomic mass is 10.0. The van der Waals surface area contributed by atoms with Gasteiger partial charge < -0.3 is 14.5 Å². The zero-order valence-corrected chi connectivity index (χ0v) is 11.8.